The molecule has 0 aromatic carbocycles. The van der Waals surface area contributed by atoms with Crippen LogP contribution in [-0.2, 0) is 0 Å². The number of carbonyl (C=O) groups is 1. The third kappa shape index (κ3) is 2.24. The van der Waals surface area contributed by atoms with Crippen molar-refractivity contribution in [1.82, 2.24) is 0 Å². The van der Waals surface area contributed by atoms with E-state index in [4.69, 9.17) is 9.68 Å². The fourth-order valence-corrected chi connectivity index (χ4v) is 0.895. The molecule has 3 heteroatoms. The lowest BCUT2D eigenvalue weighted by Gasteiger charge is -1.92. The second kappa shape index (κ2) is 4.35. The summed E-state index contributed by atoms with van der Waals surface area (Å²) in [5.41, 5.74) is 0.591. The fraction of sp³-hybridized carbons (Fsp3) is 0.333. The molecule has 0 fully saturated rings. The van der Waals surface area contributed by atoms with Gasteiger partial charge < -0.3 is 4.42 Å². The van der Waals surface area contributed by atoms with Gasteiger partial charge in [0, 0.05) is 12.8 Å². The summed E-state index contributed by atoms with van der Waals surface area (Å²) in [7, 11) is 0. The molecule has 0 aliphatic carbocycles. The maximum Gasteiger partial charge on any atom is 0.166 e. The highest BCUT2D eigenvalue weighted by Gasteiger charge is 2.05. The fourth-order valence-electron chi connectivity index (χ4n) is 0.895. The van der Waals surface area contributed by atoms with E-state index < -0.39 is 0 Å². The van der Waals surface area contributed by atoms with Gasteiger partial charge in [-0.05, 0) is 12.5 Å². The highest BCUT2D eigenvalue weighted by atomic mass is 16.3. The highest BCUT2D eigenvalue weighted by molar-refractivity contribution is 5.95. The molecular weight excluding hydrogens is 154 g/mol. The van der Waals surface area contributed by atoms with E-state index in [9.17, 15) is 4.79 Å². The van der Waals surface area contributed by atoms with Gasteiger partial charge in [-0.15, -0.1) is 0 Å². The molecular formula is C9H9NO2. The Labute approximate surface area is 70.6 Å². The van der Waals surface area contributed by atoms with Gasteiger partial charge in [0.25, 0.3) is 0 Å². The summed E-state index contributed by atoms with van der Waals surface area (Å²) in [6.45, 7) is 0. The SMILES string of the molecule is N#CCCCC(=O)c1ccoc1. The predicted molar refractivity (Wildman–Crippen MR) is 42.5 cm³/mol. The number of carbonyl (C=O) groups excluding carboxylic acids is 1. The molecule has 12 heavy (non-hydrogen) atoms. The van der Waals surface area contributed by atoms with Crippen molar-refractivity contribution in [3.8, 4) is 6.07 Å². The van der Waals surface area contributed by atoms with E-state index in [1.807, 2.05) is 6.07 Å². The molecule has 0 radical (unpaired) electrons. The summed E-state index contributed by atoms with van der Waals surface area (Å²) >= 11 is 0. The summed E-state index contributed by atoms with van der Waals surface area (Å²) in [5, 5.41) is 8.23. The van der Waals surface area contributed by atoms with Crippen LogP contribution in [0.25, 0.3) is 0 Å². The Bertz CT molecular complexity index is 282. The van der Waals surface area contributed by atoms with E-state index in [1.54, 1.807) is 6.07 Å². The second-order valence-electron chi connectivity index (χ2n) is 2.45. The van der Waals surface area contributed by atoms with E-state index in [2.05, 4.69) is 0 Å². The number of hydrogen-bond donors (Lipinski definition) is 0. The number of hydrogen-bond acceptors (Lipinski definition) is 3. The van der Waals surface area contributed by atoms with Gasteiger partial charge in [0.2, 0.25) is 0 Å². The lowest BCUT2D eigenvalue weighted by Crippen LogP contribution is -1.95. The quantitative estimate of drug-likeness (QED) is 0.504. The number of nitriles is 1. The molecule has 0 spiro atoms. The molecule has 1 heterocycles. The van der Waals surface area contributed by atoms with Gasteiger partial charge in [-0.3, -0.25) is 4.79 Å². The standard InChI is InChI=1S/C9H9NO2/c10-5-2-1-3-9(11)8-4-6-12-7-8/h4,6-7H,1-3H2. The lowest BCUT2D eigenvalue weighted by atomic mass is 10.1. The van der Waals surface area contributed by atoms with Crippen LogP contribution in [0.1, 0.15) is 29.6 Å². The van der Waals surface area contributed by atoms with Crippen molar-refractivity contribution in [3.05, 3.63) is 24.2 Å². The first-order chi connectivity index (χ1) is 5.84. The molecule has 0 aliphatic rings. The first kappa shape index (κ1) is 8.54. The molecule has 0 amide bonds. The molecule has 0 N–H and O–H groups in total. The van der Waals surface area contributed by atoms with E-state index >= 15 is 0 Å². The maximum atomic E-state index is 11.2. The Balaban J connectivity index is 2.36. The summed E-state index contributed by atoms with van der Waals surface area (Å²) < 4.78 is 4.76. The van der Waals surface area contributed by atoms with Gasteiger partial charge >= 0.3 is 0 Å². The summed E-state index contributed by atoms with van der Waals surface area (Å²) in [6.07, 6.45) is 4.38. The van der Waals surface area contributed by atoms with Crippen molar-refractivity contribution >= 4 is 5.78 Å². The van der Waals surface area contributed by atoms with Crippen LogP contribution in [0.4, 0.5) is 0 Å². The van der Waals surface area contributed by atoms with Gasteiger partial charge in [0.1, 0.15) is 6.26 Å². The van der Waals surface area contributed by atoms with Gasteiger partial charge in [0.15, 0.2) is 5.78 Å². The van der Waals surface area contributed by atoms with Crippen molar-refractivity contribution in [2.24, 2.45) is 0 Å². The largest absolute Gasteiger partial charge is 0.472 e. The smallest absolute Gasteiger partial charge is 0.166 e. The summed E-state index contributed by atoms with van der Waals surface area (Å²) in [6, 6.07) is 3.63. The molecule has 0 saturated carbocycles. The molecule has 3 nitrogen and oxygen atoms in total. The average molecular weight is 163 g/mol. The number of unbranched alkanes of at least 4 members (excludes halogenated alkanes) is 1. The van der Waals surface area contributed by atoms with Gasteiger partial charge in [-0.2, -0.15) is 5.26 Å². The first-order valence-corrected chi connectivity index (χ1v) is 3.77. The normalized spacial score (nSPS) is 9.25. The topological polar surface area (TPSA) is 54.0 Å². The van der Waals surface area contributed by atoms with Gasteiger partial charge in [-0.1, -0.05) is 0 Å². The Kier molecular flexibility index (Phi) is 3.09. The highest BCUT2D eigenvalue weighted by Crippen LogP contribution is 2.06. The van der Waals surface area contributed by atoms with Crippen LogP contribution in [0.15, 0.2) is 23.0 Å². The Hall–Kier alpha value is -1.56. The van der Waals surface area contributed by atoms with Crippen LogP contribution >= 0.6 is 0 Å². The van der Waals surface area contributed by atoms with E-state index in [-0.39, 0.29) is 5.78 Å². The van der Waals surface area contributed by atoms with Gasteiger partial charge in [-0.25, -0.2) is 0 Å². The van der Waals surface area contributed by atoms with Crippen LogP contribution in [0.5, 0.6) is 0 Å². The van der Waals surface area contributed by atoms with Crippen molar-refractivity contribution in [2.45, 2.75) is 19.3 Å². The Morgan fingerprint density at radius 3 is 3.08 bits per heavy atom. The Morgan fingerprint density at radius 2 is 2.50 bits per heavy atom. The first-order valence-electron chi connectivity index (χ1n) is 3.77. The van der Waals surface area contributed by atoms with Crippen molar-refractivity contribution in [3.63, 3.8) is 0 Å². The molecule has 1 aromatic heterocycles. The molecule has 0 saturated heterocycles. The molecule has 0 bridgehead atoms. The minimum atomic E-state index is 0.0407. The van der Waals surface area contributed by atoms with E-state index in [0.29, 0.717) is 24.8 Å². The molecule has 1 rings (SSSR count). The van der Waals surface area contributed by atoms with Crippen molar-refractivity contribution in [2.75, 3.05) is 0 Å². The van der Waals surface area contributed by atoms with Crippen LogP contribution in [0.3, 0.4) is 0 Å². The number of ketones is 1. The molecule has 1 aromatic rings. The Morgan fingerprint density at radius 1 is 1.67 bits per heavy atom. The minimum Gasteiger partial charge on any atom is -0.472 e. The third-order valence-electron chi connectivity index (χ3n) is 1.54. The van der Waals surface area contributed by atoms with E-state index in [0.717, 1.165) is 0 Å². The zero-order valence-electron chi connectivity index (χ0n) is 6.62. The van der Waals surface area contributed by atoms with Gasteiger partial charge in [0.05, 0.1) is 17.9 Å². The number of furan rings is 1. The molecule has 0 unspecified atom stereocenters. The molecule has 62 valence electrons. The number of rotatable bonds is 4. The van der Waals surface area contributed by atoms with Crippen LogP contribution in [0.2, 0.25) is 0 Å². The minimum absolute atomic E-state index is 0.0407. The van der Waals surface area contributed by atoms with Crippen LogP contribution in [0, 0.1) is 11.3 Å². The summed E-state index contributed by atoms with van der Waals surface area (Å²) in [5.74, 6) is 0.0407. The van der Waals surface area contributed by atoms with Crippen LogP contribution in [-0.4, -0.2) is 5.78 Å². The second-order valence-corrected chi connectivity index (χ2v) is 2.45. The number of nitrogens with zero attached hydrogens (tertiary/aromatic N) is 1. The molecule has 0 aliphatic heterocycles. The third-order valence-corrected chi connectivity index (χ3v) is 1.54. The zero-order valence-corrected chi connectivity index (χ0v) is 6.62. The molecule has 0 atom stereocenters. The average Bonchev–Trinajstić information content (AvgIpc) is 2.56. The predicted octanol–water partition coefficient (Wildman–Crippen LogP) is 2.16. The monoisotopic (exact) mass is 163 g/mol. The number of Topliss-reactive ketones (excluding diaryl/α,β-unsaturated/α-hetero) is 1. The van der Waals surface area contributed by atoms with Crippen molar-refractivity contribution < 1.29 is 9.21 Å². The van der Waals surface area contributed by atoms with E-state index in [1.165, 1.54) is 12.5 Å². The summed E-state index contributed by atoms with van der Waals surface area (Å²) in [4.78, 5) is 11.2. The van der Waals surface area contributed by atoms with Crippen molar-refractivity contribution in [1.29, 1.82) is 5.26 Å². The maximum absolute atomic E-state index is 11.2. The van der Waals surface area contributed by atoms with Crippen LogP contribution < -0.4 is 0 Å². The lowest BCUT2D eigenvalue weighted by molar-refractivity contribution is 0.0980. The zero-order chi connectivity index (χ0) is 8.81.